The van der Waals surface area contributed by atoms with Crippen LogP contribution in [-0.4, -0.2) is 36.1 Å². The van der Waals surface area contributed by atoms with Crippen LogP contribution in [0.1, 0.15) is 31.7 Å². The molecule has 2 N–H and O–H groups in total. The van der Waals surface area contributed by atoms with Crippen LogP contribution in [0.2, 0.25) is 0 Å². The molecular weight excluding hydrogens is 252 g/mol. The third-order valence-corrected chi connectivity index (χ3v) is 3.51. The van der Waals surface area contributed by atoms with Gasteiger partial charge < -0.3 is 15.4 Å². The van der Waals surface area contributed by atoms with Gasteiger partial charge in [0, 0.05) is 32.2 Å². The molecule has 20 heavy (non-hydrogen) atoms. The van der Waals surface area contributed by atoms with Crippen molar-refractivity contribution in [3.63, 3.8) is 0 Å². The first kappa shape index (κ1) is 15.0. The van der Waals surface area contributed by atoms with Gasteiger partial charge in [-0.3, -0.25) is 4.79 Å². The minimum atomic E-state index is -0.106. The molecule has 1 aliphatic rings. The summed E-state index contributed by atoms with van der Waals surface area (Å²) in [6, 6.07) is 9.96. The lowest BCUT2D eigenvalue weighted by atomic mass is 10.1. The molecule has 110 valence electrons. The van der Waals surface area contributed by atoms with Gasteiger partial charge in [-0.2, -0.15) is 0 Å². The van der Waals surface area contributed by atoms with Gasteiger partial charge in [-0.1, -0.05) is 30.3 Å². The quantitative estimate of drug-likeness (QED) is 0.864. The maximum absolute atomic E-state index is 12.3. The number of carbonyl (C=O) groups is 1. The van der Waals surface area contributed by atoms with Gasteiger partial charge in [-0.05, 0) is 25.3 Å². The zero-order valence-corrected chi connectivity index (χ0v) is 12.1. The topological polar surface area (TPSA) is 55.6 Å². The van der Waals surface area contributed by atoms with Crippen LogP contribution in [0.25, 0.3) is 0 Å². The summed E-state index contributed by atoms with van der Waals surface area (Å²) in [5.41, 5.74) is 6.90. The van der Waals surface area contributed by atoms with E-state index in [-0.39, 0.29) is 18.1 Å². The van der Waals surface area contributed by atoms with Crippen molar-refractivity contribution in [1.29, 1.82) is 0 Å². The molecule has 2 atom stereocenters. The minimum absolute atomic E-state index is 0.106. The number of nitrogens with zero attached hydrogens (tertiary/aromatic N) is 1. The molecule has 0 saturated carbocycles. The Labute approximate surface area is 120 Å². The van der Waals surface area contributed by atoms with Crippen LogP contribution in [0, 0.1) is 0 Å². The van der Waals surface area contributed by atoms with E-state index in [2.05, 4.69) is 0 Å². The van der Waals surface area contributed by atoms with Gasteiger partial charge in [-0.15, -0.1) is 0 Å². The summed E-state index contributed by atoms with van der Waals surface area (Å²) in [4.78, 5) is 14.2. The van der Waals surface area contributed by atoms with Crippen LogP contribution in [0.5, 0.6) is 0 Å². The number of carbonyl (C=O) groups excluding carboxylic acids is 1. The molecule has 2 unspecified atom stereocenters. The number of hydrogen-bond acceptors (Lipinski definition) is 3. The van der Waals surface area contributed by atoms with E-state index in [4.69, 9.17) is 10.5 Å². The minimum Gasteiger partial charge on any atom is -0.376 e. The van der Waals surface area contributed by atoms with Gasteiger partial charge in [0.2, 0.25) is 5.91 Å². The Morgan fingerprint density at radius 2 is 2.20 bits per heavy atom. The zero-order valence-electron chi connectivity index (χ0n) is 12.1. The van der Waals surface area contributed by atoms with Gasteiger partial charge in [0.15, 0.2) is 0 Å². The van der Waals surface area contributed by atoms with Crippen molar-refractivity contribution in [3.05, 3.63) is 35.9 Å². The SMILES string of the molecule is CC(N)CC(=O)N(Cc1ccccc1)CC1CCCO1. The highest BCUT2D eigenvalue weighted by Gasteiger charge is 2.23. The van der Waals surface area contributed by atoms with E-state index < -0.39 is 0 Å². The fraction of sp³-hybridized carbons (Fsp3) is 0.562. The van der Waals surface area contributed by atoms with Crippen LogP contribution >= 0.6 is 0 Å². The van der Waals surface area contributed by atoms with E-state index in [9.17, 15) is 4.79 Å². The Balaban J connectivity index is 2.00. The van der Waals surface area contributed by atoms with Crippen molar-refractivity contribution in [2.75, 3.05) is 13.2 Å². The summed E-state index contributed by atoms with van der Waals surface area (Å²) in [6.45, 7) is 3.97. The molecule has 2 rings (SSSR count). The average molecular weight is 276 g/mol. The summed E-state index contributed by atoms with van der Waals surface area (Å²) in [5.74, 6) is 0.111. The molecule has 1 aliphatic heterocycles. The summed E-state index contributed by atoms with van der Waals surface area (Å²) in [5, 5.41) is 0. The molecule has 1 saturated heterocycles. The number of benzene rings is 1. The Bertz CT molecular complexity index is 414. The lowest BCUT2D eigenvalue weighted by molar-refractivity contribution is -0.133. The second-order valence-electron chi connectivity index (χ2n) is 5.58. The molecule has 1 amide bonds. The van der Waals surface area contributed by atoms with Gasteiger partial charge in [0.05, 0.1) is 6.10 Å². The van der Waals surface area contributed by atoms with Crippen molar-refractivity contribution in [1.82, 2.24) is 4.90 Å². The Hall–Kier alpha value is -1.39. The highest BCUT2D eigenvalue weighted by molar-refractivity contribution is 5.76. The van der Waals surface area contributed by atoms with Gasteiger partial charge in [-0.25, -0.2) is 0 Å². The Morgan fingerprint density at radius 1 is 1.45 bits per heavy atom. The summed E-state index contributed by atoms with van der Waals surface area (Å²) in [7, 11) is 0. The van der Waals surface area contributed by atoms with Crippen molar-refractivity contribution >= 4 is 5.91 Å². The van der Waals surface area contributed by atoms with Gasteiger partial charge >= 0.3 is 0 Å². The smallest absolute Gasteiger partial charge is 0.224 e. The number of nitrogens with two attached hydrogens (primary N) is 1. The number of ether oxygens (including phenoxy) is 1. The van der Waals surface area contributed by atoms with Gasteiger partial charge in [0.1, 0.15) is 0 Å². The van der Waals surface area contributed by atoms with Gasteiger partial charge in [0.25, 0.3) is 0 Å². The van der Waals surface area contributed by atoms with E-state index in [1.54, 1.807) is 0 Å². The maximum Gasteiger partial charge on any atom is 0.224 e. The predicted molar refractivity (Wildman–Crippen MR) is 79.1 cm³/mol. The zero-order chi connectivity index (χ0) is 14.4. The van der Waals surface area contributed by atoms with E-state index in [1.165, 1.54) is 0 Å². The van der Waals surface area contributed by atoms with E-state index in [0.29, 0.717) is 19.5 Å². The molecule has 1 aromatic rings. The summed E-state index contributed by atoms with van der Waals surface area (Å²) < 4.78 is 5.65. The molecule has 1 fully saturated rings. The van der Waals surface area contributed by atoms with E-state index in [1.807, 2.05) is 42.2 Å². The highest BCUT2D eigenvalue weighted by atomic mass is 16.5. The average Bonchev–Trinajstić information content (AvgIpc) is 2.91. The first-order valence-corrected chi connectivity index (χ1v) is 7.34. The highest BCUT2D eigenvalue weighted by Crippen LogP contribution is 2.16. The van der Waals surface area contributed by atoms with Crippen molar-refractivity contribution in [2.24, 2.45) is 5.73 Å². The second kappa shape index (κ2) is 7.41. The van der Waals surface area contributed by atoms with E-state index in [0.717, 1.165) is 25.0 Å². The standard InChI is InChI=1S/C16H24N2O2/c1-13(17)10-16(19)18(12-15-8-5-9-20-15)11-14-6-3-2-4-7-14/h2-4,6-7,13,15H,5,8-12,17H2,1H3. The molecule has 0 radical (unpaired) electrons. The second-order valence-corrected chi connectivity index (χ2v) is 5.58. The van der Waals surface area contributed by atoms with Crippen molar-refractivity contribution in [3.8, 4) is 0 Å². The molecule has 0 aromatic heterocycles. The summed E-state index contributed by atoms with van der Waals surface area (Å²) in [6.07, 6.45) is 2.69. The van der Waals surface area contributed by atoms with Crippen LogP contribution < -0.4 is 5.73 Å². The molecule has 1 heterocycles. The molecule has 1 aromatic carbocycles. The largest absolute Gasteiger partial charge is 0.376 e. The molecule has 0 bridgehead atoms. The summed E-state index contributed by atoms with van der Waals surface area (Å²) >= 11 is 0. The normalized spacial score (nSPS) is 19.8. The first-order chi connectivity index (χ1) is 9.65. The number of amides is 1. The maximum atomic E-state index is 12.3. The molecule has 4 nitrogen and oxygen atoms in total. The van der Waals surface area contributed by atoms with Crippen LogP contribution in [0.4, 0.5) is 0 Å². The van der Waals surface area contributed by atoms with Crippen LogP contribution in [-0.2, 0) is 16.1 Å². The number of hydrogen-bond donors (Lipinski definition) is 1. The Morgan fingerprint density at radius 3 is 2.80 bits per heavy atom. The van der Waals surface area contributed by atoms with Crippen LogP contribution in [0.3, 0.4) is 0 Å². The van der Waals surface area contributed by atoms with Crippen molar-refractivity contribution in [2.45, 2.75) is 44.9 Å². The fourth-order valence-corrected chi connectivity index (χ4v) is 2.50. The molecule has 4 heteroatoms. The third-order valence-electron chi connectivity index (χ3n) is 3.51. The van der Waals surface area contributed by atoms with Crippen LogP contribution in [0.15, 0.2) is 30.3 Å². The third kappa shape index (κ3) is 4.62. The Kier molecular flexibility index (Phi) is 5.56. The molecular formula is C16H24N2O2. The van der Waals surface area contributed by atoms with Crippen molar-refractivity contribution < 1.29 is 9.53 Å². The predicted octanol–water partition coefficient (Wildman–Crippen LogP) is 1.93. The first-order valence-electron chi connectivity index (χ1n) is 7.34. The van der Waals surface area contributed by atoms with E-state index >= 15 is 0 Å². The molecule has 0 spiro atoms. The lowest BCUT2D eigenvalue weighted by Gasteiger charge is -2.26. The molecule has 0 aliphatic carbocycles. The fourth-order valence-electron chi connectivity index (χ4n) is 2.50. The lowest BCUT2D eigenvalue weighted by Crippen LogP contribution is -2.39. The number of rotatable bonds is 6. The monoisotopic (exact) mass is 276 g/mol.